The standard InChI is InChI=1S/C18H26N2S/c1-12(2)18-16(10-13-6-5-9-20(13)3)15-11-14(21-4)7-8-17(15)19-18/h7-8,11-13,19H,5-6,9-10H2,1-4H3/t13-/m1/s1. The van der Waals surface area contributed by atoms with Crippen molar-refractivity contribution in [2.75, 3.05) is 19.8 Å². The maximum Gasteiger partial charge on any atom is 0.0459 e. The van der Waals surface area contributed by atoms with Crippen LogP contribution in [-0.2, 0) is 6.42 Å². The first-order valence-corrected chi connectivity index (χ1v) is 9.21. The molecule has 21 heavy (non-hydrogen) atoms. The Bertz CT molecular complexity index is 629. The van der Waals surface area contributed by atoms with Gasteiger partial charge >= 0.3 is 0 Å². The molecule has 0 amide bonds. The number of H-pyrrole nitrogens is 1. The quantitative estimate of drug-likeness (QED) is 0.829. The Morgan fingerprint density at radius 1 is 1.38 bits per heavy atom. The predicted molar refractivity (Wildman–Crippen MR) is 93.5 cm³/mol. The van der Waals surface area contributed by atoms with Gasteiger partial charge in [0, 0.05) is 27.5 Å². The van der Waals surface area contributed by atoms with Gasteiger partial charge in [-0.25, -0.2) is 0 Å². The number of rotatable bonds is 4. The van der Waals surface area contributed by atoms with Crippen molar-refractivity contribution in [3.8, 4) is 0 Å². The zero-order chi connectivity index (χ0) is 15.0. The molecule has 2 heterocycles. The average molecular weight is 302 g/mol. The number of nitrogens with one attached hydrogen (secondary N) is 1. The van der Waals surface area contributed by atoms with Crippen LogP contribution < -0.4 is 0 Å². The third kappa shape index (κ3) is 2.86. The number of likely N-dealkylation sites (N-methyl/N-ethyl adjacent to an activating group) is 1. The van der Waals surface area contributed by atoms with Crippen LogP contribution in [0.3, 0.4) is 0 Å². The number of likely N-dealkylation sites (tertiary alicyclic amines) is 1. The number of hydrogen-bond acceptors (Lipinski definition) is 2. The number of aromatic amines is 1. The van der Waals surface area contributed by atoms with Crippen LogP contribution in [0.2, 0.25) is 0 Å². The van der Waals surface area contributed by atoms with Crippen molar-refractivity contribution in [2.45, 2.75) is 50.0 Å². The van der Waals surface area contributed by atoms with Crippen LogP contribution in [0.25, 0.3) is 10.9 Å². The van der Waals surface area contributed by atoms with Crippen molar-refractivity contribution in [1.82, 2.24) is 9.88 Å². The molecule has 0 saturated carbocycles. The van der Waals surface area contributed by atoms with Crippen molar-refractivity contribution in [3.63, 3.8) is 0 Å². The highest BCUT2D eigenvalue weighted by molar-refractivity contribution is 7.98. The number of hydrogen-bond donors (Lipinski definition) is 1. The molecule has 2 nitrogen and oxygen atoms in total. The zero-order valence-electron chi connectivity index (χ0n) is 13.6. The van der Waals surface area contributed by atoms with Crippen molar-refractivity contribution in [3.05, 3.63) is 29.5 Å². The molecule has 2 aromatic rings. The second-order valence-corrected chi connectivity index (χ2v) is 7.44. The summed E-state index contributed by atoms with van der Waals surface area (Å²) in [6.07, 6.45) is 6.02. The number of fused-ring (bicyclic) bond motifs is 1. The van der Waals surface area contributed by atoms with Crippen LogP contribution in [0.15, 0.2) is 23.1 Å². The second-order valence-electron chi connectivity index (χ2n) is 6.56. The molecule has 1 N–H and O–H groups in total. The Labute approximate surface area is 132 Å². The summed E-state index contributed by atoms with van der Waals surface area (Å²) in [4.78, 5) is 7.56. The highest BCUT2D eigenvalue weighted by atomic mass is 32.2. The molecule has 114 valence electrons. The molecule has 1 aliphatic heterocycles. The largest absolute Gasteiger partial charge is 0.358 e. The van der Waals surface area contributed by atoms with Crippen molar-refractivity contribution in [1.29, 1.82) is 0 Å². The van der Waals surface area contributed by atoms with Gasteiger partial charge in [-0.2, -0.15) is 0 Å². The first kappa shape index (κ1) is 15.0. The first-order chi connectivity index (χ1) is 10.1. The smallest absolute Gasteiger partial charge is 0.0459 e. The summed E-state index contributed by atoms with van der Waals surface area (Å²) in [7, 11) is 2.27. The van der Waals surface area contributed by atoms with Gasteiger partial charge < -0.3 is 9.88 Å². The highest BCUT2D eigenvalue weighted by Gasteiger charge is 2.24. The topological polar surface area (TPSA) is 19.0 Å². The van der Waals surface area contributed by atoms with E-state index in [4.69, 9.17) is 0 Å². The Morgan fingerprint density at radius 2 is 2.19 bits per heavy atom. The molecule has 1 atom stereocenters. The van der Waals surface area contributed by atoms with Crippen molar-refractivity contribution >= 4 is 22.7 Å². The summed E-state index contributed by atoms with van der Waals surface area (Å²) < 4.78 is 0. The fourth-order valence-electron chi connectivity index (χ4n) is 3.56. The summed E-state index contributed by atoms with van der Waals surface area (Å²) in [5.41, 5.74) is 4.28. The molecule has 0 radical (unpaired) electrons. The Morgan fingerprint density at radius 3 is 2.81 bits per heavy atom. The molecule has 1 fully saturated rings. The molecule has 0 aliphatic carbocycles. The van der Waals surface area contributed by atoms with E-state index in [2.05, 4.69) is 55.2 Å². The summed E-state index contributed by atoms with van der Waals surface area (Å²) >= 11 is 1.83. The fourth-order valence-corrected chi connectivity index (χ4v) is 4.00. The van der Waals surface area contributed by atoms with E-state index < -0.39 is 0 Å². The molecule has 0 bridgehead atoms. The first-order valence-electron chi connectivity index (χ1n) is 7.99. The van der Waals surface area contributed by atoms with Crippen LogP contribution in [0.1, 0.15) is 43.9 Å². The number of thioether (sulfide) groups is 1. The lowest BCUT2D eigenvalue weighted by Gasteiger charge is -2.20. The van der Waals surface area contributed by atoms with Crippen LogP contribution in [-0.4, -0.2) is 35.8 Å². The Kier molecular flexibility index (Phi) is 4.32. The van der Waals surface area contributed by atoms with E-state index >= 15 is 0 Å². The maximum atomic E-state index is 3.68. The molecule has 1 saturated heterocycles. The maximum absolute atomic E-state index is 3.68. The van der Waals surface area contributed by atoms with Gasteiger partial charge in [0.15, 0.2) is 0 Å². The monoisotopic (exact) mass is 302 g/mol. The minimum absolute atomic E-state index is 0.553. The van der Waals surface area contributed by atoms with E-state index in [-0.39, 0.29) is 0 Å². The Hall–Kier alpha value is -0.930. The molecular weight excluding hydrogens is 276 g/mol. The lowest BCUT2D eigenvalue weighted by atomic mass is 9.96. The van der Waals surface area contributed by atoms with E-state index in [1.54, 1.807) is 5.56 Å². The average Bonchev–Trinajstić information content (AvgIpc) is 3.03. The minimum atomic E-state index is 0.553. The SMILES string of the molecule is CSc1ccc2[nH]c(C(C)C)c(C[C@H]3CCCN3C)c2c1. The molecule has 1 aliphatic rings. The van der Waals surface area contributed by atoms with Gasteiger partial charge in [0.05, 0.1) is 0 Å². The van der Waals surface area contributed by atoms with Gasteiger partial charge in [-0.15, -0.1) is 11.8 Å². The van der Waals surface area contributed by atoms with Crippen LogP contribution in [0, 0.1) is 0 Å². The number of nitrogens with zero attached hydrogens (tertiary/aromatic N) is 1. The molecule has 1 aromatic heterocycles. The van der Waals surface area contributed by atoms with Gasteiger partial charge in [-0.1, -0.05) is 13.8 Å². The summed E-state index contributed by atoms with van der Waals surface area (Å²) in [6, 6.07) is 7.54. The summed E-state index contributed by atoms with van der Waals surface area (Å²) in [5, 5.41) is 1.44. The van der Waals surface area contributed by atoms with E-state index in [1.807, 2.05) is 11.8 Å². The van der Waals surface area contributed by atoms with Gasteiger partial charge in [0.1, 0.15) is 0 Å². The van der Waals surface area contributed by atoms with Crippen LogP contribution >= 0.6 is 11.8 Å². The van der Waals surface area contributed by atoms with Gasteiger partial charge in [-0.3, -0.25) is 0 Å². The second kappa shape index (κ2) is 6.05. The van der Waals surface area contributed by atoms with Gasteiger partial charge in [0.25, 0.3) is 0 Å². The molecule has 3 rings (SSSR count). The minimum Gasteiger partial charge on any atom is -0.358 e. The molecule has 1 aromatic carbocycles. The molecule has 3 heteroatoms. The lowest BCUT2D eigenvalue weighted by molar-refractivity contribution is 0.309. The molecule has 0 spiro atoms. The van der Waals surface area contributed by atoms with Crippen molar-refractivity contribution in [2.24, 2.45) is 0 Å². The van der Waals surface area contributed by atoms with Gasteiger partial charge in [0.2, 0.25) is 0 Å². The number of benzene rings is 1. The van der Waals surface area contributed by atoms with E-state index in [0.717, 1.165) is 0 Å². The van der Waals surface area contributed by atoms with E-state index in [0.29, 0.717) is 12.0 Å². The third-order valence-electron chi connectivity index (χ3n) is 4.83. The van der Waals surface area contributed by atoms with Gasteiger partial charge in [-0.05, 0) is 68.8 Å². The number of aromatic nitrogens is 1. The third-order valence-corrected chi connectivity index (χ3v) is 5.56. The molecular formula is C18H26N2S. The lowest BCUT2D eigenvalue weighted by Crippen LogP contribution is -2.27. The normalized spacial score (nSPS) is 20.0. The predicted octanol–water partition coefficient (Wildman–Crippen LogP) is 4.65. The summed E-state index contributed by atoms with van der Waals surface area (Å²) in [5.74, 6) is 0.553. The highest BCUT2D eigenvalue weighted by Crippen LogP contribution is 2.33. The van der Waals surface area contributed by atoms with Crippen molar-refractivity contribution < 1.29 is 0 Å². The van der Waals surface area contributed by atoms with Crippen LogP contribution in [0.4, 0.5) is 0 Å². The van der Waals surface area contributed by atoms with Crippen LogP contribution in [0.5, 0.6) is 0 Å². The van der Waals surface area contributed by atoms with E-state index in [9.17, 15) is 0 Å². The zero-order valence-corrected chi connectivity index (χ0v) is 14.4. The summed E-state index contributed by atoms with van der Waals surface area (Å²) in [6.45, 7) is 5.84. The molecule has 0 unspecified atom stereocenters. The van der Waals surface area contributed by atoms with E-state index in [1.165, 1.54) is 47.3 Å². The Balaban J connectivity index is 2.05. The fraction of sp³-hybridized carbons (Fsp3) is 0.556.